The molecule has 0 amide bonds. The normalized spacial score (nSPS) is 35.7. The Hall–Kier alpha value is -2.04. The number of aryl methyl sites for hydroxylation is 4. The summed E-state index contributed by atoms with van der Waals surface area (Å²) in [5.74, 6) is 5.20. The Morgan fingerprint density at radius 3 is 1.89 bits per heavy atom. The highest BCUT2D eigenvalue weighted by molar-refractivity contribution is 5.50. The molecule has 0 N–H and O–H groups in total. The van der Waals surface area contributed by atoms with Gasteiger partial charge in [-0.15, -0.1) is 0 Å². The minimum atomic E-state index is 0.290. The van der Waals surface area contributed by atoms with Gasteiger partial charge in [0.2, 0.25) is 0 Å². The van der Waals surface area contributed by atoms with Crippen LogP contribution in [0.3, 0.4) is 0 Å². The molecule has 7 unspecified atom stereocenters. The summed E-state index contributed by atoms with van der Waals surface area (Å²) in [7, 11) is 0. The van der Waals surface area contributed by atoms with Crippen molar-refractivity contribution in [2.75, 3.05) is 26.4 Å². The molecule has 4 heteroatoms. The minimum Gasteiger partial charge on any atom is -0.490 e. The van der Waals surface area contributed by atoms with Gasteiger partial charge in [-0.2, -0.15) is 0 Å². The number of rotatable bonds is 8. The van der Waals surface area contributed by atoms with E-state index in [1.54, 1.807) is 5.56 Å². The fraction of sp³-hybridized carbons (Fsp3) is 0.625. The van der Waals surface area contributed by atoms with Crippen molar-refractivity contribution in [1.82, 2.24) is 0 Å². The van der Waals surface area contributed by atoms with Crippen molar-refractivity contribution in [1.29, 1.82) is 0 Å². The van der Waals surface area contributed by atoms with Crippen LogP contribution in [0.1, 0.15) is 71.4 Å². The van der Waals surface area contributed by atoms with E-state index in [1.165, 1.54) is 59.9 Å². The van der Waals surface area contributed by atoms with Gasteiger partial charge < -0.3 is 18.9 Å². The van der Waals surface area contributed by atoms with Gasteiger partial charge in [0, 0.05) is 5.41 Å². The van der Waals surface area contributed by atoms with E-state index in [2.05, 4.69) is 52.0 Å². The smallest absolute Gasteiger partial charge is 0.125 e. The Labute approximate surface area is 215 Å². The third-order valence-corrected chi connectivity index (χ3v) is 10.1. The Bertz CT molecular complexity index is 1130. The molecule has 2 aliphatic heterocycles. The molecule has 0 aromatic heterocycles. The van der Waals surface area contributed by atoms with Crippen LogP contribution in [0.15, 0.2) is 24.3 Å². The zero-order valence-corrected chi connectivity index (χ0v) is 22.3. The van der Waals surface area contributed by atoms with Crippen molar-refractivity contribution >= 4 is 0 Å². The summed E-state index contributed by atoms with van der Waals surface area (Å²) in [4.78, 5) is 0. The van der Waals surface area contributed by atoms with Gasteiger partial charge in [-0.3, -0.25) is 0 Å². The maximum Gasteiger partial charge on any atom is 0.125 e. The molecule has 4 nitrogen and oxygen atoms in total. The molecule has 2 aromatic carbocycles. The molecule has 5 aliphatic rings. The quantitative estimate of drug-likeness (QED) is 0.407. The highest BCUT2D eigenvalue weighted by Gasteiger charge is 2.63. The van der Waals surface area contributed by atoms with Crippen LogP contribution in [0, 0.1) is 45.4 Å². The third kappa shape index (κ3) is 3.70. The van der Waals surface area contributed by atoms with Gasteiger partial charge in [-0.1, -0.05) is 30.7 Å². The van der Waals surface area contributed by atoms with Crippen LogP contribution in [0.25, 0.3) is 0 Å². The first-order chi connectivity index (χ1) is 17.4. The van der Waals surface area contributed by atoms with Crippen LogP contribution in [0.4, 0.5) is 0 Å². The van der Waals surface area contributed by atoms with Crippen molar-refractivity contribution in [3.63, 3.8) is 0 Å². The molecule has 0 spiro atoms. The van der Waals surface area contributed by atoms with Gasteiger partial charge in [0.1, 0.15) is 36.9 Å². The van der Waals surface area contributed by atoms with Crippen LogP contribution in [-0.2, 0) is 14.9 Å². The van der Waals surface area contributed by atoms with Crippen LogP contribution >= 0.6 is 0 Å². The molecule has 2 bridgehead atoms. The summed E-state index contributed by atoms with van der Waals surface area (Å²) < 4.78 is 23.1. The maximum absolute atomic E-state index is 6.20. The lowest BCUT2D eigenvalue weighted by Crippen LogP contribution is -2.40. The molecule has 3 aliphatic carbocycles. The van der Waals surface area contributed by atoms with Crippen LogP contribution in [-0.4, -0.2) is 38.6 Å². The van der Waals surface area contributed by atoms with E-state index in [-0.39, 0.29) is 0 Å². The molecule has 5 fully saturated rings. The topological polar surface area (TPSA) is 43.5 Å². The average Bonchev–Trinajstić information content (AvgIpc) is 3.73. The van der Waals surface area contributed by atoms with E-state index in [4.69, 9.17) is 18.9 Å². The number of ether oxygens (including phenoxy) is 4. The van der Waals surface area contributed by atoms with Crippen molar-refractivity contribution in [3.05, 3.63) is 57.6 Å². The minimum absolute atomic E-state index is 0.290. The molecule has 7 atom stereocenters. The van der Waals surface area contributed by atoms with Gasteiger partial charge in [-0.25, -0.2) is 0 Å². The van der Waals surface area contributed by atoms with E-state index in [0.29, 0.717) is 36.8 Å². The van der Waals surface area contributed by atoms with E-state index >= 15 is 0 Å². The van der Waals surface area contributed by atoms with Gasteiger partial charge in [0.05, 0.1) is 13.2 Å². The van der Waals surface area contributed by atoms with E-state index < -0.39 is 0 Å². The summed E-state index contributed by atoms with van der Waals surface area (Å²) in [6, 6.07) is 9.85. The highest BCUT2D eigenvalue weighted by Crippen LogP contribution is 2.70. The maximum atomic E-state index is 6.20. The summed E-state index contributed by atoms with van der Waals surface area (Å²) in [5.41, 5.74) is 8.58. The zero-order valence-electron chi connectivity index (χ0n) is 22.3. The monoisotopic (exact) mass is 488 g/mol. The van der Waals surface area contributed by atoms with E-state index in [0.717, 1.165) is 42.5 Å². The lowest BCUT2D eigenvalue weighted by molar-refractivity contribution is 0.180. The second kappa shape index (κ2) is 8.49. The number of hydrogen-bond acceptors (Lipinski definition) is 4. The largest absolute Gasteiger partial charge is 0.490 e. The van der Waals surface area contributed by atoms with Gasteiger partial charge in [0.15, 0.2) is 0 Å². The van der Waals surface area contributed by atoms with Crippen molar-refractivity contribution in [2.45, 2.75) is 83.3 Å². The zero-order chi connectivity index (χ0) is 24.6. The molecule has 2 saturated heterocycles. The number of epoxide rings is 2. The summed E-state index contributed by atoms with van der Waals surface area (Å²) >= 11 is 0. The van der Waals surface area contributed by atoms with Crippen LogP contribution in [0.5, 0.6) is 11.5 Å². The predicted octanol–water partition coefficient (Wildman–Crippen LogP) is 6.34. The summed E-state index contributed by atoms with van der Waals surface area (Å²) in [6.07, 6.45) is 7.43. The first-order valence-corrected chi connectivity index (χ1v) is 14.2. The Morgan fingerprint density at radius 2 is 1.33 bits per heavy atom. The SMILES string of the molecule is Cc1cc(C2CC3CC2C2(c4cc(C)c(OCC5CO5)c(C)c4)CCCC32)cc(C)c1OCC1CO1. The number of benzene rings is 2. The summed E-state index contributed by atoms with van der Waals surface area (Å²) in [5, 5.41) is 0. The molecule has 0 radical (unpaired) electrons. The van der Waals surface area contributed by atoms with E-state index in [9.17, 15) is 0 Å². The molecule has 36 heavy (non-hydrogen) atoms. The first kappa shape index (κ1) is 23.1. The van der Waals surface area contributed by atoms with Crippen molar-refractivity contribution in [2.24, 2.45) is 17.8 Å². The Morgan fingerprint density at radius 1 is 0.778 bits per heavy atom. The number of hydrogen-bond donors (Lipinski definition) is 0. The molecule has 3 saturated carbocycles. The van der Waals surface area contributed by atoms with Crippen LogP contribution in [0.2, 0.25) is 0 Å². The lowest BCUT2D eigenvalue weighted by Gasteiger charge is -2.45. The highest BCUT2D eigenvalue weighted by atomic mass is 16.6. The Balaban J connectivity index is 1.20. The number of fused-ring (bicyclic) bond motifs is 5. The fourth-order valence-electron chi connectivity index (χ4n) is 8.64. The second-order valence-electron chi connectivity index (χ2n) is 12.4. The Kier molecular flexibility index (Phi) is 5.45. The second-order valence-corrected chi connectivity index (χ2v) is 12.4. The van der Waals surface area contributed by atoms with Gasteiger partial charge in [-0.05, 0) is 110 Å². The molecule has 2 aromatic rings. The molecule has 2 heterocycles. The van der Waals surface area contributed by atoms with E-state index in [1.807, 2.05) is 0 Å². The lowest BCUT2D eigenvalue weighted by atomic mass is 9.59. The predicted molar refractivity (Wildman–Crippen MR) is 140 cm³/mol. The fourth-order valence-corrected chi connectivity index (χ4v) is 8.64. The van der Waals surface area contributed by atoms with Crippen molar-refractivity contribution in [3.8, 4) is 11.5 Å². The van der Waals surface area contributed by atoms with Crippen LogP contribution < -0.4 is 9.47 Å². The third-order valence-electron chi connectivity index (χ3n) is 10.1. The molecule has 192 valence electrons. The molecular formula is C32H40O4. The van der Waals surface area contributed by atoms with Crippen molar-refractivity contribution < 1.29 is 18.9 Å². The average molecular weight is 489 g/mol. The summed E-state index contributed by atoms with van der Waals surface area (Å²) in [6.45, 7) is 11.9. The van der Waals surface area contributed by atoms with Gasteiger partial charge in [0.25, 0.3) is 0 Å². The first-order valence-electron chi connectivity index (χ1n) is 14.2. The van der Waals surface area contributed by atoms with Gasteiger partial charge >= 0.3 is 0 Å². The molecular weight excluding hydrogens is 448 g/mol. The standard InChI is InChI=1S/C32H40O4/c1-18-8-22(9-19(2)30(18)35-16-25-14-33-25)27-12-23-13-29(27)32(7-5-6-28(23)32)24-10-20(3)31(21(4)11-24)36-17-26-15-34-26/h8-11,23,25-29H,5-7,12-17H2,1-4H3. The molecule has 7 rings (SSSR count).